The van der Waals surface area contributed by atoms with Crippen LogP contribution in [0.3, 0.4) is 0 Å². The molecule has 0 radical (unpaired) electrons. The molecule has 19 heavy (non-hydrogen) atoms. The van der Waals surface area contributed by atoms with Crippen LogP contribution in [0.4, 0.5) is 0 Å². The van der Waals surface area contributed by atoms with Crippen LogP contribution in [0.25, 0.3) is 0 Å². The maximum atomic E-state index is 11.1. The van der Waals surface area contributed by atoms with Gasteiger partial charge in [-0.15, -0.1) is 0 Å². The number of carbonyl (C=O) groups is 2. The standard InChI is InChI=1S/C13H14O6/c1-2-3-9(13(15)16)19-10-5-12-11(17-7-18-12)4-8(10)6-14/h4-6,9H,2-3,7H2,1H3,(H,15,16). The summed E-state index contributed by atoms with van der Waals surface area (Å²) in [5.74, 6) is 0.0366. The molecular weight excluding hydrogens is 252 g/mol. The molecule has 2 rings (SSSR count). The van der Waals surface area contributed by atoms with E-state index in [0.29, 0.717) is 30.6 Å². The van der Waals surface area contributed by atoms with Gasteiger partial charge in [-0.3, -0.25) is 4.79 Å². The molecule has 1 atom stereocenters. The molecule has 6 heteroatoms. The van der Waals surface area contributed by atoms with Gasteiger partial charge in [0.25, 0.3) is 0 Å². The predicted molar refractivity (Wildman–Crippen MR) is 64.9 cm³/mol. The Hall–Kier alpha value is -2.24. The predicted octanol–water partition coefficient (Wildman–Crippen LogP) is 1.86. The minimum atomic E-state index is -1.06. The van der Waals surface area contributed by atoms with E-state index in [0.717, 1.165) is 0 Å². The molecule has 0 bridgehead atoms. The van der Waals surface area contributed by atoms with E-state index in [2.05, 4.69) is 0 Å². The Morgan fingerprint density at radius 3 is 2.74 bits per heavy atom. The number of fused-ring (bicyclic) bond motifs is 1. The van der Waals surface area contributed by atoms with E-state index in [9.17, 15) is 9.59 Å². The zero-order valence-electron chi connectivity index (χ0n) is 10.4. The van der Waals surface area contributed by atoms with Gasteiger partial charge in [0.1, 0.15) is 5.75 Å². The van der Waals surface area contributed by atoms with Gasteiger partial charge in [0.05, 0.1) is 5.56 Å². The van der Waals surface area contributed by atoms with Crippen molar-refractivity contribution in [3.05, 3.63) is 17.7 Å². The number of carboxylic acid groups (broad SMARTS) is 1. The Bertz CT molecular complexity index is 496. The van der Waals surface area contributed by atoms with Crippen molar-refractivity contribution in [2.24, 2.45) is 0 Å². The molecular formula is C13H14O6. The summed E-state index contributed by atoms with van der Waals surface area (Å²) in [6, 6.07) is 2.97. The van der Waals surface area contributed by atoms with Crippen molar-refractivity contribution in [1.29, 1.82) is 0 Å². The summed E-state index contributed by atoms with van der Waals surface area (Å²) in [6.45, 7) is 1.94. The fraction of sp³-hybridized carbons (Fsp3) is 0.385. The van der Waals surface area contributed by atoms with E-state index in [4.69, 9.17) is 19.3 Å². The molecule has 0 amide bonds. The highest BCUT2D eigenvalue weighted by molar-refractivity contribution is 5.82. The molecule has 1 N–H and O–H groups in total. The van der Waals surface area contributed by atoms with E-state index >= 15 is 0 Å². The lowest BCUT2D eigenvalue weighted by Crippen LogP contribution is -2.27. The van der Waals surface area contributed by atoms with Crippen LogP contribution in [0, 0.1) is 0 Å². The van der Waals surface area contributed by atoms with Crippen molar-refractivity contribution in [2.75, 3.05) is 6.79 Å². The number of ether oxygens (including phenoxy) is 3. The van der Waals surface area contributed by atoms with Crippen molar-refractivity contribution in [3.8, 4) is 17.2 Å². The van der Waals surface area contributed by atoms with Crippen LogP contribution in [0.1, 0.15) is 30.1 Å². The zero-order chi connectivity index (χ0) is 13.8. The molecule has 6 nitrogen and oxygen atoms in total. The normalized spacial score (nSPS) is 13.9. The zero-order valence-corrected chi connectivity index (χ0v) is 10.4. The molecule has 0 spiro atoms. The second kappa shape index (κ2) is 5.60. The molecule has 0 fully saturated rings. The molecule has 0 saturated carbocycles. The number of hydrogen-bond acceptors (Lipinski definition) is 5. The highest BCUT2D eigenvalue weighted by Crippen LogP contribution is 2.38. The smallest absolute Gasteiger partial charge is 0.344 e. The summed E-state index contributed by atoms with van der Waals surface area (Å²) < 4.78 is 15.7. The number of aldehydes is 1. The Morgan fingerprint density at radius 2 is 2.16 bits per heavy atom. The van der Waals surface area contributed by atoms with Crippen molar-refractivity contribution < 1.29 is 28.9 Å². The molecule has 0 aliphatic carbocycles. The third kappa shape index (κ3) is 2.78. The minimum absolute atomic E-state index is 0.0778. The number of carbonyl (C=O) groups excluding carboxylic acids is 1. The Morgan fingerprint density at radius 1 is 1.47 bits per heavy atom. The van der Waals surface area contributed by atoms with E-state index in [1.807, 2.05) is 6.92 Å². The lowest BCUT2D eigenvalue weighted by atomic mass is 10.1. The van der Waals surface area contributed by atoms with Crippen LogP contribution in [-0.2, 0) is 4.79 Å². The second-order valence-electron chi connectivity index (χ2n) is 4.09. The third-order valence-electron chi connectivity index (χ3n) is 2.73. The Balaban J connectivity index is 2.28. The molecule has 1 aromatic carbocycles. The topological polar surface area (TPSA) is 82.1 Å². The van der Waals surface area contributed by atoms with Gasteiger partial charge in [-0.1, -0.05) is 13.3 Å². The average molecular weight is 266 g/mol. The number of carboxylic acids is 1. The van der Waals surface area contributed by atoms with Gasteiger partial charge < -0.3 is 19.3 Å². The van der Waals surface area contributed by atoms with Gasteiger partial charge in [0.15, 0.2) is 23.9 Å². The highest BCUT2D eigenvalue weighted by Gasteiger charge is 2.23. The largest absolute Gasteiger partial charge is 0.479 e. The van der Waals surface area contributed by atoms with E-state index in [-0.39, 0.29) is 18.1 Å². The fourth-order valence-electron chi connectivity index (χ4n) is 1.78. The van der Waals surface area contributed by atoms with Crippen molar-refractivity contribution in [1.82, 2.24) is 0 Å². The summed E-state index contributed by atoms with van der Waals surface area (Å²) in [5, 5.41) is 9.05. The molecule has 0 aromatic heterocycles. The first-order valence-electron chi connectivity index (χ1n) is 5.94. The van der Waals surface area contributed by atoms with Crippen LogP contribution < -0.4 is 14.2 Å². The maximum absolute atomic E-state index is 11.1. The van der Waals surface area contributed by atoms with Crippen LogP contribution in [-0.4, -0.2) is 30.3 Å². The van der Waals surface area contributed by atoms with E-state index in [1.54, 1.807) is 0 Å². The lowest BCUT2D eigenvalue weighted by Gasteiger charge is -2.16. The highest BCUT2D eigenvalue weighted by atomic mass is 16.7. The lowest BCUT2D eigenvalue weighted by molar-refractivity contribution is -0.145. The molecule has 102 valence electrons. The first-order chi connectivity index (χ1) is 9.15. The van der Waals surface area contributed by atoms with Gasteiger partial charge in [-0.05, 0) is 12.5 Å². The monoisotopic (exact) mass is 266 g/mol. The summed E-state index contributed by atoms with van der Waals surface area (Å²) in [7, 11) is 0. The van der Waals surface area contributed by atoms with E-state index in [1.165, 1.54) is 12.1 Å². The number of aliphatic carboxylic acids is 1. The van der Waals surface area contributed by atoms with Gasteiger partial charge in [-0.25, -0.2) is 4.79 Å². The van der Waals surface area contributed by atoms with Crippen molar-refractivity contribution in [3.63, 3.8) is 0 Å². The maximum Gasteiger partial charge on any atom is 0.344 e. The summed E-state index contributed by atoms with van der Waals surface area (Å²) in [6.07, 6.45) is 0.645. The molecule has 0 saturated heterocycles. The molecule has 1 heterocycles. The van der Waals surface area contributed by atoms with Crippen LogP contribution in [0.15, 0.2) is 12.1 Å². The van der Waals surface area contributed by atoms with E-state index < -0.39 is 12.1 Å². The van der Waals surface area contributed by atoms with Gasteiger partial charge in [0, 0.05) is 6.07 Å². The van der Waals surface area contributed by atoms with Gasteiger partial charge >= 0.3 is 5.97 Å². The summed E-state index contributed by atoms with van der Waals surface area (Å²) >= 11 is 0. The number of hydrogen-bond donors (Lipinski definition) is 1. The quantitative estimate of drug-likeness (QED) is 0.791. The average Bonchev–Trinajstić information content (AvgIpc) is 2.84. The fourth-order valence-corrected chi connectivity index (χ4v) is 1.78. The number of rotatable bonds is 6. The van der Waals surface area contributed by atoms with Crippen LogP contribution in [0.2, 0.25) is 0 Å². The first-order valence-corrected chi connectivity index (χ1v) is 5.94. The second-order valence-corrected chi connectivity index (χ2v) is 4.09. The minimum Gasteiger partial charge on any atom is -0.479 e. The summed E-state index contributed by atoms with van der Waals surface area (Å²) in [5.41, 5.74) is 0.242. The molecule has 1 aliphatic heterocycles. The Labute approximate surface area is 109 Å². The SMILES string of the molecule is CCCC(Oc1cc2c(cc1C=O)OCO2)C(=O)O. The van der Waals surface area contributed by atoms with Crippen molar-refractivity contribution >= 4 is 12.3 Å². The van der Waals surface area contributed by atoms with Crippen molar-refractivity contribution in [2.45, 2.75) is 25.9 Å². The van der Waals surface area contributed by atoms with Gasteiger partial charge in [0.2, 0.25) is 6.79 Å². The summed E-state index contributed by atoms with van der Waals surface area (Å²) in [4.78, 5) is 22.1. The van der Waals surface area contributed by atoms with Crippen LogP contribution in [0.5, 0.6) is 17.2 Å². The first kappa shape index (κ1) is 13.2. The molecule has 1 aromatic rings. The van der Waals surface area contributed by atoms with Crippen LogP contribution >= 0.6 is 0 Å². The van der Waals surface area contributed by atoms with Gasteiger partial charge in [-0.2, -0.15) is 0 Å². The Kier molecular flexibility index (Phi) is 3.89. The number of benzene rings is 1. The third-order valence-corrected chi connectivity index (χ3v) is 2.73. The molecule has 1 aliphatic rings. The molecule has 1 unspecified atom stereocenters.